The van der Waals surface area contributed by atoms with E-state index in [1.54, 1.807) is 11.3 Å². The first-order valence-electron chi connectivity index (χ1n) is 9.13. The van der Waals surface area contributed by atoms with Crippen molar-refractivity contribution in [3.05, 3.63) is 40.9 Å². The molecule has 2 aromatic rings. The van der Waals surface area contributed by atoms with Crippen molar-refractivity contribution in [1.29, 1.82) is 0 Å². The third-order valence-corrected chi connectivity index (χ3v) is 7.28. The molecule has 132 valence electrons. The zero-order chi connectivity index (χ0) is 17.6. The van der Waals surface area contributed by atoms with Crippen molar-refractivity contribution in [2.45, 2.75) is 45.2 Å². The van der Waals surface area contributed by atoms with Crippen LogP contribution in [0.3, 0.4) is 0 Å². The zero-order valence-corrected chi connectivity index (χ0v) is 15.6. The highest BCUT2D eigenvalue weighted by atomic mass is 32.1. The van der Waals surface area contributed by atoms with Crippen LogP contribution in [-0.2, 0) is 4.79 Å². The van der Waals surface area contributed by atoms with Crippen molar-refractivity contribution >= 4 is 17.2 Å². The maximum Gasteiger partial charge on any atom is 0.225 e. The normalized spacial score (nSPS) is 28.9. The van der Waals surface area contributed by atoms with Crippen LogP contribution < -0.4 is 11.1 Å². The van der Waals surface area contributed by atoms with Crippen LogP contribution in [0.25, 0.3) is 10.6 Å². The Labute approximate surface area is 152 Å². The molecule has 5 unspecified atom stereocenters. The van der Waals surface area contributed by atoms with Crippen LogP contribution in [0.4, 0.5) is 0 Å². The molecule has 2 aliphatic rings. The lowest BCUT2D eigenvalue weighted by molar-refractivity contribution is -0.127. The van der Waals surface area contributed by atoms with Crippen molar-refractivity contribution < 1.29 is 4.79 Å². The van der Waals surface area contributed by atoms with E-state index in [2.05, 4.69) is 17.4 Å². The topological polar surface area (TPSA) is 68.0 Å². The SMILES string of the molecule is Cc1nc(-c2ccccc2)sc1C(C)NC(=O)C1C2CCC(C2)C1N. The van der Waals surface area contributed by atoms with Crippen molar-refractivity contribution in [3.8, 4) is 10.6 Å². The lowest BCUT2D eigenvalue weighted by Gasteiger charge is -2.28. The number of nitrogens with zero attached hydrogens (tertiary/aromatic N) is 1. The molecule has 0 radical (unpaired) electrons. The van der Waals surface area contributed by atoms with Crippen molar-refractivity contribution in [2.75, 3.05) is 0 Å². The van der Waals surface area contributed by atoms with Gasteiger partial charge in [0, 0.05) is 11.6 Å². The molecule has 0 aliphatic heterocycles. The second kappa shape index (κ2) is 6.54. The molecule has 2 bridgehead atoms. The number of amides is 1. The van der Waals surface area contributed by atoms with E-state index in [-0.39, 0.29) is 23.9 Å². The van der Waals surface area contributed by atoms with Crippen LogP contribution in [0.15, 0.2) is 30.3 Å². The summed E-state index contributed by atoms with van der Waals surface area (Å²) < 4.78 is 0. The Kier molecular flexibility index (Phi) is 4.38. The van der Waals surface area contributed by atoms with Gasteiger partial charge in [-0.3, -0.25) is 4.79 Å². The molecule has 0 saturated heterocycles. The van der Waals surface area contributed by atoms with Gasteiger partial charge in [0.1, 0.15) is 5.01 Å². The number of thiazole rings is 1. The second-order valence-corrected chi connectivity index (χ2v) is 8.53. The standard InChI is InChI=1S/C20H25N3OS/c1-11(22-19(24)16-14-8-9-15(10-14)17(16)21)18-12(2)23-20(25-18)13-6-4-3-5-7-13/h3-7,11,14-17H,8-10,21H2,1-2H3,(H,22,24). The summed E-state index contributed by atoms with van der Waals surface area (Å²) >= 11 is 1.66. The number of nitrogens with one attached hydrogen (secondary N) is 1. The number of rotatable bonds is 4. The average molecular weight is 356 g/mol. The van der Waals surface area contributed by atoms with Gasteiger partial charge in [-0.25, -0.2) is 4.98 Å². The van der Waals surface area contributed by atoms with Crippen LogP contribution in [0.1, 0.15) is 42.8 Å². The van der Waals surface area contributed by atoms with Gasteiger partial charge in [-0.15, -0.1) is 11.3 Å². The summed E-state index contributed by atoms with van der Waals surface area (Å²) in [7, 11) is 0. The van der Waals surface area contributed by atoms with E-state index in [0.717, 1.165) is 34.0 Å². The van der Waals surface area contributed by atoms with E-state index in [1.165, 1.54) is 6.42 Å². The molecule has 0 spiro atoms. The maximum atomic E-state index is 12.8. The molecule has 1 heterocycles. The minimum absolute atomic E-state index is 0.0111. The molecule has 5 heteroatoms. The van der Waals surface area contributed by atoms with E-state index in [0.29, 0.717) is 11.8 Å². The number of hydrogen-bond donors (Lipinski definition) is 2. The first kappa shape index (κ1) is 16.7. The smallest absolute Gasteiger partial charge is 0.225 e. The summed E-state index contributed by atoms with van der Waals surface area (Å²) in [6.07, 6.45) is 3.48. The number of nitrogens with two attached hydrogens (primary N) is 1. The number of aryl methyl sites for hydroxylation is 1. The van der Waals surface area contributed by atoms with Gasteiger partial charge in [0.15, 0.2) is 0 Å². The lowest BCUT2D eigenvalue weighted by atomic mass is 9.84. The Bertz CT molecular complexity index is 771. The Hall–Kier alpha value is -1.72. The van der Waals surface area contributed by atoms with Crippen molar-refractivity contribution in [3.63, 3.8) is 0 Å². The molecule has 25 heavy (non-hydrogen) atoms. The molecule has 1 amide bonds. The Morgan fingerprint density at radius 3 is 2.68 bits per heavy atom. The van der Waals surface area contributed by atoms with Crippen molar-refractivity contribution in [1.82, 2.24) is 10.3 Å². The lowest BCUT2D eigenvalue weighted by Crippen LogP contribution is -2.45. The summed E-state index contributed by atoms with van der Waals surface area (Å²) in [6.45, 7) is 4.07. The van der Waals surface area contributed by atoms with E-state index in [1.807, 2.05) is 32.0 Å². The molecule has 2 aliphatic carbocycles. The molecular formula is C20H25N3OS. The molecule has 1 aromatic carbocycles. The molecule has 4 nitrogen and oxygen atoms in total. The third-order valence-electron chi connectivity index (χ3n) is 5.89. The predicted octanol–water partition coefficient (Wildman–Crippen LogP) is 3.67. The van der Waals surface area contributed by atoms with E-state index >= 15 is 0 Å². The minimum Gasteiger partial charge on any atom is -0.348 e. The summed E-state index contributed by atoms with van der Waals surface area (Å²) in [5.41, 5.74) is 8.43. The second-order valence-electron chi connectivity index (χ2n) is 7.50. The number of fused-ring (bicyclic) bond motifs is 2. The molecule has 4 rings (SSSR count). The van der Waals surface area contributed by atoms with Gasteiger partial charge in [-0.2, -0.15) is 0 Å². The van der Waals surface area contributed by atoms with Crippen LogP contribution in [-0.4, -0.2) is 16.9 Å². The highest BCUT2D eigenvalue weighted by Gasteiger charge is 2.49. The summed E-state index contributed by atoms with van der Waals surface area (Å²) in [5, 5.41) is 4.22. The maximum absolute atomic E-state index is 12.8. The van der Waals surface area contributed by atoms with E-state index in [4.69, 9.17) is 10.7 Å². The van der Waals surface area contributed by atoms with Gasteiger partial charge < -0.3 is 11.1 Å². The summed E-state index contributed by atoms with van der Waals surface area (Å²) in [5.74, 6) is 1.14. The fourth-order valence-corrected chi connectivity index (χ4v) is 5.69. The number of carbonyl (C=O) groups excluding carboxylic acids is 1. The fraction of sp³-hybridized carbons (Fsp3) is 0.500. The molecule has 3 N–H and O–H groups in total. The summed E-state index contributed by atoms with van der Waals surface area (Å²) in [6, 6.07) is 10.2. The number of carbonyl (C=O) groups is 1. The number of hydrogen-bond acceptors (Lipinski definition) is 4. The van der Waals surface area contributed by atoms with E-state index < -0.39 is 0 Å². The van der Waals surface area contributed by atoms with Crippen LogP contribution in [0.2, 0.25) is 0 Å². The van der Waals surface area contributed by atoms with Gasteiger partial charge in [0.2, 0.25) is 5.91 Å². The molecule has 1 aromatic heterocycles. The zero-order valence-electron chi connectivity index (χ0n) is 14.7. The Balaban J connectivity index is 1.49. The number of benzene rings is 1. The van der Waals surface area contributed by atoms with Gasteiger partial charge in [-0.05, 0) is 44.9 Å². The van der Waals surface area contributed by atoms with Crippen LogP contribution >= 0.6 is 11.3 Å². The molecule has 2 saturated carbocycles. The molecule has 2 fully saturated rings. The van der Waals surface area contributed by atoms with Gasteiger partial charge in [-0.1, -0.05) is 30.3 Å². The third kappa shape index (κ3) is 3.00. The van der Waals surface area contributed by atoms with Crippen molar-refractivity contribution in [2.24, 2.45) is 23.5 Å². The molecule has 5 atom stereocenters. The average Bonchev–Trinajstić information content (AvgIpc) is 3.29. The predicted molar refractivity (Wildman–Crippen MR) is 101 cm³/mol. The largest absolute Gasteiger partial charge is 0.348 e. The quantitative estimate of drug-likeness (QED) is 0.879. The van der Waals surface area contributed by atoms with E-state index in [9.17, 15) is 4.79 Å². The number of aromatic nitrogens is 1. The van der Waals surface area contributed by atoms with Crippen LogP contribution in [0, 0.1) is 24.7 Å². The fourth-order valence-electron chi connectivity index (χ4n) is 4.61. The molecular weight excluding hydrogens is 330 g/mol. The van der Waals surface area contributed by atoms with Gasteiger partial charge in [0.25, 0.3) is 0 Å². The summed E-state index contributed by atoms with van der Waals surface area (Å²) in [4.78, 5) is 18.6. The van der Waals surface area contributed by atoms with Gasteiger partial charge >= 0.3 is 0 Å². The van der Waals surface area contributed by atoms with Gasteiger partial charge in [0.05, 0.1) is 22.5 Å². The highest BCUT2D eigenvalue weighted by molar-refractivity contribution is 7.15. The monoisotopic (exact) mass is 355 g/mol. The van der Waals surface area contributed by atoms with Crippen LogP contribution in [0.5, 0.6) is 0 Å². The Morgan fingerprint density at radius 2 is 2.00 bits per heavy atom. The Morgan fingerprint density at radius 1 is 1.28 bits per heavy atom. The highest BCUT2D eigenvalue weighted by Crippen LogP contribution is 2.47. The minimum atomic E-state index is -0.0335. The first-order chi connectivity index (χ1) is 12.0. The first-order valence-corrected chi connectivity index (χ1v) is 9.95.